The third-order valence-corrected chi connectivity index (χ3v) is 5.34. The number of ether oxygens (including phenoxy) is 1. The second-order valence-corrected chi connectivity index (χ2v) is 9.89. The summed E-state index contributed by atoms with van der Waals surface area (Å²) in [5.74, 6) is -2.36. The van der Waals surface area contributed by atoms with Gasteiger partial charge in [-0.3, -0.25) is 19.2 Å². The van der Waals surface area contributed by atoms with Gasteiger partial charge < -0.3 is 26.4 Å². The zero-order chi connectivity index (χ0) is 23.9. The second kappa shape index (κ2) is 11.5. The van der Waals surface area contributed by atoms with E-state index in [9.17, 15) is 19.2 Å². The van der Waals surface area contributed by atoms with Crippen LogP contribution in [-0.4, -0.2) is 54.0 Å². The minimum Gasteiger partial charge on any atom is -0.372 e. The number of hydrogen-bond donors (Lipinski definition) is 4. The van der Waals surface area contributed by atoms with E-state index in [1.165, 1.54) is 0 Å². The number of primary amides is 1. The summed E-state index contributed by atoms with van der Waals surface area (Å²) >= 11 is 0. The fourth-order valence-corrected chi connectivity index (χ4v) is 3.55. The Morgan fingerprint density at radius 3 is 2.13 bits per heavy atom. The molecule has 31 heavy (non-hydrogen) atoms. The van der Waals surface area contributed by atoms with Crippen molar-refractivity contribution in [3.63, 3.8) is 0 Å². The first-order valence-corrected chi connectivity index (χ1v) is 11.1. The van der Waals surface area contributed by atoms with Gasteiger partial charge in [-0.2, -0.15) is 0 Å². The minimum absolute atomic E-state index is 0.127. The van der Waals surface area contributed by atoms with Crippen LogP contribution >= 0.6 is 0 Å². The summed E-state index contributed by atoms with van der Waals surface area (Å²) in [6, 6.07) is -1.80. The number of carbonyl (C=O) groups excluding carboxylic acids is 4. The number of rotatable bonds is 11. The van der Waals surface area contributed by atoms with E-state index >= 15 is 0 Å². The molecule has 0 aromatic rings. The Hall–Kier alpha value is -2.16. The molecule has 5 atom stereocenters. The van der Waals surface area contributed by atoms with Crippen LogP contribution in [0.3, 0.4) is 0 Å². The van der Waals surface area contributed by atoms with E-state index in [2.05, 4.69) is 16.0 Å². The van der Waals surface area contributed by atoms with Crippen molar-refractivity contribution in [3.05, 3.63) is 0 Å². The first-order valence-electron chi connectivity index (χ1n) is 11.1. The summed E-state index contributed by atoms with van der Waals surface area (Å²) in [7, 11) is 0. The highest BCUT2D eigenvalue weighted by molar-refractivity contribution is 5.92. The van der Waals surface area contributed by atoms with Crippen molar-refractivity contribution in [1.29, 1.82) is 0 Å². The maximum absolute atomic E-state index is 12.9. The van der Waals surface area contributed by atoms with Gasteiger partial charge in [-0.15, -0.1) is 0 Å². The van der Waals surface area contributed by atoms with Crippen molar-refractivity contribution in [2.45, 2.75) is 91.5 Å². The van der Waals surface area contributed by atoms with Gasteiger partial charge in [0.05, 0.1) is 17.6 Å². The Labute approximate surface area is 185 Å². The molecule has 1 aliphatic rings. The fraction of sp³-hybridized carbons (Fsp3) is 0.818. The molecule has 0 aromatic carbocycles. The highest BCUT2D eigenvalue weighted by Gasteiger charge is 2.33. The zero-order valence-corrected chi connectivity index (χ0v) is 19.9. The Morgan fingerprint density at radius 2 is 1.68 bits per heavy atom. The largest absolute Gasteiger partial charge is 0.372 e. The fourth-order valence-electron chi connectivity index (χ4n) is 3.55. The van der Waals surface area contributed by atoms with E-state index in [1.807, 2.05) is 41.5 Å². The van der Waals surface area contributed by atoms with Crippen LogP contribution in [0.5, 0.6) is 0 Å². The van der Waals surface area contributed by atoms with Crippen LogP contribution in [0.15, 0.2) is 0 Å². The average molecular weight is 441 g/mol. The molecule has 5 N–H and O–H groups in total. The minimum atomic E-state index is -0.978. The van der Waals surface area contributed by atoms with Crippen LogP contribution in [0.4, 0.5) is 0 Å². The Bertz CT molecular complexity index is 659. The molecule has 178 valence electrons. The quantitative estimate of drug-likeness (QED) is 0.377. The molecule has 0 bridgehead atoms. The summed E-state index contributed by atoms with van der Waals surface area (Å²) < 4.78 is 5.86. The number of carbonyl (C=O) groups is 4. The normalized spacial score (nSPS) is 20.5. The molecule has 1 fully saturated rings. The summed E-state index contributed by atoms with van der Waals surface area (Å²) in [6.45, 7) is 13.7. The van der Waals surface area contributed by atoms with Crippen LogP contribution < -0.4 is 21.7 Å². The van der Waals surface area contributed by atoms with Gasteiger partial charge in [-0.05, 0) is 52.9 Å². The first kappa shape index (κ1) is 26.9. The van der Waals surface area contributed by atoms with Crippen molar-refractivity contribution in [3.8, 4) is 0 Å². The topological polar surface area (TPSA) is 140 Å². The van der Waals surface area contributed by atoms with Crippen molar-refractivity contribution in [1.82, 2.24) is 16.0 Å². The van der Waals surface area contributed by atoms with E-state index in [0.29, 0.717) is 19.4 Å². The van der Waals surface area contributed by atoms with Crippen molar-refractivity contribution >= 4 is 23.6 Å². The predicted octanol–water partition coefficient (Wildman–Crippen LogP) is 0.853. The third-order valence-electron chi connectivity index (χ3n) is 5.34. The Kier molecular flexibility index (Phi) is 9.93. The zero-order valence-electron chi connectivity index (χ0n) is 19.9. The third kappa shape index (κ3) is 9.25. The van der Waals surface area contributed by atoms with Gasteiger partial charge in [0, 0.05) is 12.5 Å². The summed E-state index contributed by atoms with van der Waals surface area (Å²) in [5, 5.41) is 8.15. The van der Waals surface area contributed by atoms with Crippen molar-refractivity contribution in [2.24, 2.45) is 23.5 Å². The SMILES string of the molecule is CC(C)C[C@H](NC(=O)[C@@H](C)[C@@H](C)OC(C)(C)C)C(=O)N[C@@H](C[C@@H]1CCNC1=O)C(N)=O. The standard InChI is InChI=1S/C22H40N4O5/c1-12(2)10-17(26-19(28)13(3)14(4)31-22(5,6)7)21(30)25-16(18(23)27)11-15-8-9-24-20(15)29/h12-17H,8-11H2,1-7H3,(H2,23,27)(H,24,29)(H,25,30)(H,26,28)/t13-,14+,15-,16-,17-/m0/s1. The van der Waals surface area contributed by atoms with E-state index in [-0.39, 0.29) is 36.2 Å². The first-order chi connectivity index (χ1) is 14.2. The van der Waals surface area contributed by atoms with E-state index in [0.717, 1.165) is 0 Å². The van der Waals surface area contributed by atoms with Gasteiger partial charge in [-0.25, -0.2) is 0 Å². The molecule has 4 amide bonds. The van der Waals surface area contributed by atoms with Gasteiger partial charge in [0.2, 0.25) is 23.6 Å². The van der Waals surface area contributed by atoms with Crippen LogP contribution in [-0.2, 0) is 23.9 Å². The Morgan fingerprint density at radius 1 is 1.10 bits per heavy atom. The highest BCUT2D eigenvalue weighted by Crippen LogP contribution is 2.18. The smallest absolute Gasteiger partial charge is 0.243 e. The maximum Gasteiger partial charge on any atom is 0.243 e. The molecule has 0 spiro atoms. The number of hydrogen-bond acceptors (Lipinski definition) is 5. The molecule has 9 heteroatoms. The molecular weight excluding hydrogens is 400 g/mol. The lowest BCUT2D eigenvalue weighted by atomic mass is 9.96. The van der Waals surface area contributed by atoms with E-state index < -0.39 is 35.4 Å². The maximum atomic E-state index is 12.9. The van der Waals surface area contributed by atoms with Gasteiger partial charge in [0.15, 0.2) is 0 Å². The molecule has 0 saturated carbocycles. The number of amides is 4. The predicted molar refractivity (Wildman–Crippen MR) is 118 cm³/mol. The van der Waals surface area contributed by atoms with Crippen LogP contribution in [0.2, 0.25) is 0 Å². The van der Waals surface area contributed by atoms with Gasteiger partial charge in [0.1, 0.15) is 12.1 Å². The van der Waals surface area contributed by atoms with Crippen LogP contribution in [0.1, 0.15) is 67.7 Å². The van der Waals surface area contributed by atoms with Crippen LogP contribution in [0.25, 0.3) is 0 Å². The summed E-state index contributed by atoms with van der Waals surface area (Å²) in [6.07, 6.45) is 0.784. The molecule has 1 rings (SSSR count). The lowest BCUT2D eigenvalue weighted by Gasteiger charge is -2.30. The molecule has 0 radical (unpaired) electrons. The molecule has 0 aromatic heterocycles. The molecule has 1 heterocycles. The van der Waals surface area contributed by atoms with E-state index in [1.54, 1.807) is 6.92 Å². The van der Waals surface area contributed by atoms with Crippen molar-refractivity contribution < 1.29 is 23.9 Å². The summed E-state index contributed by atoms with van der Waals surface area (Å²) in [4.78, 5) is 49.5. The highest BCUT2D eigenvalue weighted by atomic mass is 16.5. The lowest BCUT2D eigenvalue weighted by Crippen LogP contribution is -2.55. The van der Waals surface area contributed by atoms with E-state index in [4.69, 9.17) is 10.5 Å². The Balaban J connectivity index is 2.83. The monoisotopic (exact) mass is 440 g/mol. The lowest BCUT2D eigenvalue weighted by molar-refractivity contribution is -0.138. The molecule has 1 saturated heterocycles. The molecule has 9 nitrogen and oxygen atoms in total. The van der Waals surface area contributed by atoms with Gasteiger partial charge in [0.25, 0.3) is 0 Å². The second-order valence-electron chi connectivity index (χ2n) is 9.89. The van der Waals surface area contributed by atoms with Gasteiger partial charge in [-0.1, -0.05) is 20.8 Å². The number of nitrogens with one attached hydrogen (secondary N) is 3. The molecular formula is C22H40N4O5. The number of nitrogens with two attached hydrogens (primary N) is 1. The summed E-state index contributed by atoms with van der Waals surface area (Å²) in [5.41, 5.74) is 5.07. The van der Waals surface area contributed by atoms with Crippen molar-refractivity contribution in [2.75, 3.05) is 6.54 Å². The molecule has 0 aliphatic carbocycles. The average Bonchev–Trinajstić information content (AvgIpc) is 3.02. The van der Waals surface area contributed by atoms with Crippen LogP contribution in [0, 0.1) is 17.8 Å². The molecule has 0 unspecified atom stereocenters. The molecule has 1 aliphatic heterocycles. The van der Waals surface area contributed by atoms with Gasteiger partial charge >= 0.3 is 0 Å².